The molecule has 0 atom stereocenters. The topological polar surface area (TPSA) is 67.0 Å². The zero-order valence-electron chi connectivity index (χ0n) is 10.4. The van der Waals surface area contributed by atoms with Crippen molar-refractivity contribution in [2.24, 2.45) is 0 Å². The van der Waals surface area contributed by atoms with Crippen LogP contribution in [0.25, 0.3) is 0 Å². The van der Waals surface area contributed by atoms with Crippen molar-refractivity contribution >= 4 is 5.91 Å². The van der Waals surface area contributed by atoms with Crippen molar-refractivity contribution < 1.29 is 9.53 Å². The summed E-state index contributed by atoms with van der Waals surface area (Å²) in [6.45, 7) is 4.40. The molecular weight excluding hydrogens is 242 g/mol. The molecule has 0 fully saturated rings. The van der Waals surface area contributed by atoms with Crippen LogP contribution >= 0.6 is 0 Å². The smallest absolute Gasteiger partial charge is 0.251 e. The number of benzene rings is 1. The molecule has 1 amide bonds. The molecule has 0 bridgehead atoms. The lowest BCUT2D eigenvalue weighted by molar-refractivity contribution is 0.0950. The van der Waals surface area contributed by atoms with Gasteiger partial charge in [-0.05, 0) is 24.3 Å². The van der Waals surface area contributed by atoms with Crippen molar-refractivity contribution in [2.75, 3.05) is 6.61 Å². The molecule has 5 heteroatoms. The van der Waals surface area contributed by atoms with E-state index in [1.807, 2.05) is 0 Å². The van der Waals surface area contributed by atoms with Gasteiger partial charge in [0.15, 0.2) is 0 Å². The molecule has 2 aromatic rings. The first-order valence-electron chi connectivity index (χ1n) is 5.90. The van der Waals surface area contributed by atoms with Crippen molar-refractivity contribution in [2.45, 2.75) is 6.54 Å². The van der Waals surface area contributed by atoms with Gasteiger partial charge in [-0.2, -0.15) is 0 Å². The molecule has 19 heavy (non-hydrogen) atoms. The van der Waals surface area contributed by atoms with Gasteiger partial charge in [0.2, 0.25) is 0 Å². The van der Waals surface area contributed by atoms with Crippen molar-refractivity contribution in [1.82, 2.24) is 15.3 Å². The molecule has 0 aliphatic rings. The number of hydrogen-bond donors (Lipinski definition) is 2. The number of aromatic amines is 1. The number of nitrogens with zero attached hydrogens (tertiary/aromatic N) is 1. The summed E-state index contributed by atoms with van der Waals surface area (Å²) in [7, 11) is 0. The Balaban J connectivity index is 1.90. The summed E-state index contributed by atoms with van der Waals surface area (Å²) in [6, 6.07) is 6.95. The van der Waals surface area contributed by atoms with Gasteiger partial charge in [0.25, 0.3) is 5.91 Å². The number of amides is 1. The third kappa shape index (κ3) is 3.70. The molecule has 0 aliphatic heterocycles. The molecule has 98 valence electrons. The van der Waals surface area contributed by atoms with Crippen molar-refractivity contribution in [3.8, 4) is 5.75 Å². The minimum atomic E-state index is -0.147. The van der Waals surface area contributed by atoms with Gasteiger partial charge in [0.1, 0.15) is 18.2 Å². The van der Waals surface area contributed by atoms with E-state index in [1.165, 1.54) is 0 Å². The molecule has 0 saturated heterocycles. The van der Waals surface area contributed by atoms with Crippen LogP contribution in [-0.4, -0.2) is 22.5 Å². The SMILES string of the molecule is C=CCOc1ccc(C(=O)NCc2ncc[nH]2)cc1. The summed E-state index contributed by atoms with van der Waals surface area (Å²) in [5, 5.41) is 2.77. The van der Waals surface area contributed by atoms with E-state index in [4.69, 9.17) is 4.74 Å². The lowest BCUT2D eigenvalue weighted by Gasteiger charge is -2.05. The summed E-state index contributed by atoms with van der Waals surface area (Å²) in [6.07, 6.45) is 5.03. The van der Waals surface area contributed by atoms with Gasteiger partial charge >= 0.3 is 0 Å². The monoisotopic (exact) mass is 257 g/mol. The zero-order valence-corrected chi connectivity index (χ0v) is 10.4. The first-order valence-corrected chi connectivity index (χ1v) is 5.90. The van der Waals surface area contributed by atoms with Crippen LogP contribution in [-0.2, 0) is 6.54 Å². The number of H-pyrrole nitrogens is 1. The summed E-state index contributed by atoms with van der Waals surface area (Å²) in [5.74, 6) is 1.29. The fourth-order valence-electron chi connectivity index (χ4n) is 1.52. The van der Waals surface area contributed by atoms with Gasteiger partial charge < -0.3 is 15.0 Å². The molecule has 5 nitrogen and oxygen atoms in total. The van der Waals surface area contributed by atoms with Crippen LogP contribution in [0.4, 0.5) is 0 Å². The Hall–Kier alpha value is -2.56. The van der Waals surface area contributed by atoms with Gasteiger partial charge in [-0.1, -0.05) is 12.7 Å². The predicted molar refractivity (Wildman–Crippen MR) is 71.9 cm³/mol. The molecule has 1 aromatic heterocycles. The molecule has 1 heterocycles. The first kappa shape index (κ1) is 12.9. The predicted octanol–water partition coefficient (Wildman–Crippen LogP) is 1.90. The molecule has 0 saturated carbocycles. The minimum absolute atomic E-state index is 0.147. The number of carbonyl (C=O) groups excluding carboxylic acids is 1. The molecule has 0 unspecified atom stereocenters. The highest BCUT2D eigenvalue weighted by Crippen LogP contribution is 2.12. The standard InChI is InChI=1S/C14H15N3O2/c1-2-9-19-12-5-3-11(4-6-12)14(18)17-10-13-15-7-8-16-13/h2-8H,1,9-10H2,(H,15,16)(H,17,18). The van der Waals surface area contributed by atoms with E-state index in [1.54, 1.807) is 42.7 Å². The highest BCUT2D eigenvalue weighted by Gasteiger charge is 2.05. The van der Waals surface area contributed by atoms with Crippen LogP contribution in [0.2, 0.25) is 0 Å². The molecule has 0 aliphatic carbocycles. The summed E-state index contributed by atoms with van der Waals surface area (Å²) in [4.78, 5) is 18.8. The first-order chi connectivity index (χ1) is 9.29. The highest BCUT2D eigenvalue weighted by atomic mass is 16.5. The van der Waals surface area contributed by atoms with E-state index in [-0.39, 0.29) is 5.91 Å². The Morgan fingerprint density at radius 3 is 2.84 bits per heavy atom. The Morgan fingerprint density at radius 2 is 2.21 bits per heavy atom. The van der Waals surface area contributed by atoms with E-state index in [0.717, 1.165) is 5.82 Å². The van der Waals surface area contributed by atoms with Crippen LogP contribution < -0.4 is 10.1 Å². The van der Waals surface area contributed by atoms with Gasteiger partial charge in [-0.25, -0.2) is 4.98 Å². The average Bonchev–Trinajstić information content (AvgIpc) is 2.96. The van der Waals surface area contributed by atoms with Gasteiger partial charge in [-0.3, -0.25) is 4.79 Å². The number of nitrogens with one attached hydrogen (secondary N) is 2. The zero-order chi connectivity index (χ0) is 13.5. The maximum Gasteiger partial charge on any atom is 0.251 e. The van der Waals surface area contributed by atoms with E-state index < -0.39 is 0 Å². The minimum Gasteiger partial charge on any atom is -0.490 e. The fourth-order valence-corrected chi connectivity index (χ4v) is 1.52. The van der Waals surface area contributed by atoms with E-state index in [2.05, 4.69) is 21.9 Å². The van der Waals surface area contributed by atoms with Crippen LogP contribution in [0.1, 0.15) is 16.2 Å². The van der Waals surface area contributed by atoms with Crippen LogP contribution in [0.3, 0.4) is 0 Å². The Labute approximate surface area is 111 Å². The number of carbonyl (C=O) groups is 1. The number of imidazole rings is 1. The number of hydrogen-bond acceptors (Lipinski definition) is 3. The highest BCUT2D eigenvalue weighted by molar-refractivity contribution is 5.94. The number of rotatable bonds is 6. The third-order valence-electron chi connectivity index (χ3n) is 2.46. The molecule has 0 spiro atoms. The lowest BCUT2D eigenvalue weighted by atomic mass is 10.2. The van der Waals surface area contributed by atoms with Crippen LogP contribution in [0.15, 0.2) is 49.3 Å². The average molecular weight is 257 g/mol. The Morgan fingerprint density at radius 1 is 1.42 bits per heavy atom. The van der Waals surface area contributed by atoms with Gasteiger partial charge in [-0.15, -0.1) is 0 Å². The van der Waals surface area contributed by atoms with Gasteiger partial charge in [0, 0.05) is 18.0 Å². The maximum atomic E-state index is 11.9. The Bertz CT molecular complexity index is 532. The lowest BCUT2D eigenvalue weighted by Crippen LogP contribution is -2.23. The van der Waals surface area contributed by atoms with Crippen molar-refractivity contribution in [3.63, 3.8) is 0 Å². The largest absolute Gasteiger partial charge is 0.490 e. The quantitative estimate of drug-likeness (QED) is 0.777. The number of ether oxygens (including phenoxy) is 1. The van der Waals surface area contributed by atoms with Gasteiger partial charge in [0.05, 0.1) is 6.54 Å². The molecule has 2 rings (SSSR count). The normalized spacial score (nSPS) is 9.89. The fraction of sp³-hybridized carbons (Fsp3) is 0.143. The molecule has 0 radical (unpaired) electrons. The second-order valence-electron chi connectivity index (χ2n) is 3.84. The molecular formula is C14H15N3O2. The Kier molecular flexibility index (Phi) is 4.34. The van der Waals surface area contributed by atoms with Crippen LogP contribution in [0.5, 0.6) is 5.75 Å². The van der Waals surface area contributed by atoms with E-state index >= 15 is 0 Å². The third-order valence-corrected chi connectivity index (χ3v) is 2.46. The summed E-state index contributed by atoms with van der Waals surface area (Å²) >= 11 is 0. The molecule has 2 N–H and O–H groups in total. The maximum absolute atomic E-state index is 11.9. The van der Waals surface area contributed by atoms with Crippen molar-refractivity contribution in [3.05, 3.63) is 60.7 Å². The summed E-state index contributed by atoms with van der Waals surface area (Å²) < 4.78 is 5.34. The summed E-state index contributed by atoms with van der Waals surface area (Å²) in [5.41, 5.74) is 0.581. The van der Waals surface area contributed by atoms with Crippen molar-refractivity contribution in [1.29, 1.82) is 0 Å². The second kappa shape index (κ2) is 6.39. The second-order valence-corrected chi connectivity index (χ2v) is 3.84. The number of aromatic nitrogens is 2. The molecule has 1 aromatic carbocycles. The van der Waals surface area contributed by atoms with E-state index in [0.29, 0.717) is 24.5 Å². The van der Waals surface area contributed by atoms with Crippen LogP contribution in [0, 0.1) is 0 Å². The van der Waals surface area contributed by atoms with E-state index in [9.17, 15) is 4.79 Å².